The van der Waals surface area contributed by atoms with Crippen LogP contribution in [0.25, 0.3) is 0 Å². The summed E-state index contributed by atoms with van der Waals surface area (Å²) in [6.07, 6.45) is 3.43. The van der Waals surface area contributed by atoms with Crippen LogP contribution in [0.15, 0.2) is 30.6 Å². The van der Waals surface area contributed by atoms with Crippen molar-refractivity contribution in [2.24, 2.45) is 0 Å². The zero-order chi connectivity index (χ0) is 10.6. The first-order valence-electron chi connectivity index (χ1n) is 4.74. The van der Waals surface area contributed by atoms with E-state index < -0.39 is 0 Å². The van der Waals surface area contributed by atoms with Gasteiger partial charge in [-0.1, -0.05) is 12.2 Å². The molecule has 0 aromatic carbocycles. The van der Waals surface area contributed by atoms with Gasteiger partial charge in [-0.05, 0) is 19.9 Å². The van der Waals surface area contributed by atoms with Gasteiger partial charge in [-0.2, -0.15) is 0 Å². The monoisotopic (exact) mass is 191 g/mol. The van der Waals surface area contributed by atoms with Gasteiger partial charge in [-0.15, -0.1) is 0 Å². The van der Waals surface area contributed by atoms with Crippen LogP contribution >= 0.6 is 0 Å². The number of aromatic nitrogens is 1. The number of nitrogen functional groups attached to an aromatic ring is 1. The van der Waals surface area contributed by atoms with Crippen molar-refractivity contribution in [2.75, 3.05) is 23.7 Å². The van der Waals surface area contributed by atoms with Gasteiger partial charge < -0.3 is 10.6 Å². The molecule has 76 valence electrons. The van der Waals surface area contributed by atoms with Crippen LogP contribution in [-0.2, 0) is 0 Å². The summed E-state index contributed by atoms with van der Waals surface area (Å²) in [6, 6.07) is 1.93. The number of rotatable bonds is 4. The van der Waals surface area contributed by atoms with E-state index in [1.165, 1.54) is 0 Å². The molecule has 0 aliphatic heterocycles. The molecule has 0 bridgehead atoms. The van der Waals surface area contributed by atoms with Crippen LogP contribution < -0.4 is 10.6 Å². The number of pyridine rings is 1. The lowest BCUT2D eigenvalue weighted by molar-refractivity contribution is 0.880. The molecule has 2 N–H and O–H groups in total. The number of nitrogens with zero attached hydrogens (tertiary/aromatic N) is 2. The fraction of sp³-hybridized carbons (Fsp3) is 0.364. The van der Waals surface area contributed by atoms with Crippen molar-refractivity contribution >= 4 is 11.4 Å². The Morgan fingerprint density at radius 3 is 2.86 bits per heavy atom. The summed E-state index contributed by atoms with van der Waals surface area (Å²) in [7, 11) is 0. The molecule has 0 radical (unpaired) electrons. The first-order chi connectivity index (χ1) is 6.65. The topological polar surface area (TPSA) is 42.2 Å². The molecule has 0 aliphatic carbocycles. The summed E-state index contributed by atoms with van der Waals surface area (Å²) >= 11 is 0. The highest BCUT2D eigenvalue weighted by Gasteiger charge is 2.06. The normalized spacial score (nSPS) is 9.86. The molecule has 0 fully saturated rings. The smallest absolute Gasteiger partial charge is 0.0738 e. The number of hydrogen-bond acceptors (Lipinski definition) is 3. The van der Waals surface area contributed by atoms with E-state index in [4.69, 9.17) is 5.73 Å². The molecular formula is C11H17N3. The fourth-order valence-electron chi connectivity index (χ4n) is 1.38. The van der Waals surface area contributed by atoms with Gasteiger partial charge in [-0.25, -0.2) is 0 Å². The molecule has 0 atom stereocenters. The molecule has 0 unspecified atom stereocenters. The second kappa shape index (κ2) is 4.65. The molecule has 0 saturated carbocycles. The Hall–Kier alpha value is -1.51. The zero-order valence-corrected chi connectivity index (χ0v) is 8.83. The molecule has 0 amide bonds. The maximum atomic E-state index is 5.84. The van der Waals surface area contributed by atoms with Crippen molar-refractivity contribution in [2.45, 2.75) is 13.8 Å². The van der Waals surface area contributed by atoms with Crippen LogP contribution in [0.4, 0.5) is 11.4 Å². The summed E-state index contributed by atoms with van der Waals surface area (Å²) in [4.78, 5) is 6.15. The SMILES string of the molecule is C=C(C)CN(CC)c1ccncc1N. The van der Waals surface area contributed by atoms with Crippen LogP contribution in [-0.4, -0.2) is 18.1 Å². The van der Waals surface area contributed by atoms with Crippen LogP contribution in [0.1, 0.15) is 13.8 Å². The first-order valence-corrected chi connectivity index (χ1v) is 4.74. The predicted molar refractivity (Wildman–Crippen MR) is 61.4 cm³/mol. The van der Waals surface area contributed by atoms with E-state index >= 15 is 0 Å². The van der Waals surface area contributed by atoms with Gasteiger partial charge in [-0.3, -0.25) is 4.98 Å². The molecule has 0 spiro atoms. The Kier molecular flexibility index (Phi) is 3.51. The lowest BCUT2D eigenvalue weighted by Crippen LogP contribution is -2.25. The van der Waals surface area contributed by atoms with E-state index in [1.54, 1.807) is 12.4 Å². The maximum absolute atomic E-state index is 5.84. The largest absolute Gasteiger partial charge is 0.396 e. The zero-order valence-electron chi connectivity index (χ0n) is 8.83. The fourth-order valence-corrected chi connectivity index (χ4v) is 1.38. The molecule has 0 saturated heterocycles. The minimum Gasteiger partial charge on any atom is -0.396 e. The van der Waals surface area contributed by atoms with Crippen LogP contribution in [0.5, 0.6) is 0 Å². The van der Waals surface area contributed by atoms with Gasteiger partial charge in [0.05, 0.1) is 17.6 Å². The van der Waals surface area contributed by atoms with E-state index in [-0.39, 0.29) is 0 Å². The van der Waals surface area contributed by atoms with E-state index in [9.17, 15) is 0 Å². The molecule has 3 nitrogen and oxygen atoms in total. The summed E-state index contributed by atoms with van der Waals surface area (Å²) in [5.74, 6) is 0. The van der Waals surface area contributed by atoms with Crippen LogP contribution in [0.3, 0.4) is 0 Å². The van der Waals surface area contributed by atoms with Gasteiger partial charge in [0.25, 0.3) is 0 Å². The highest BCUT2D eigenvalue weighted by Crippen LogP contribution is 2.21. The van der Waals surface area contributed by atoms with Crippen molar-refractivity contribution < 1.29 is 0 Å². The van der Waals surface area contributed by atoms with Gasteiger partial charge in [0, 0.05) is 19.3 Å². The number of anilines is 2. The molecule has 1 heterocycles. The van der Waals surface area contributed by atoms with Gasteiger partial charge in [0.2, 0.25) is 0 Å². The molecule has 14 heavy (non-hydrogen) atoms. The van der Waals surface area contributed by atoms with E-state index in [1.807, 2.05) is 13.0 Å². The minimum atomic E-state index is 0.718. The molecule has 1 aromatic rings. The van der Waals surface area contributed by atoms with Crippen molar-refractivity contribution in [3.8, 4) is 0 Å². The number of hydrogen-bond donors (Lipinski definition) is 1. The maximum Gasteiger partial charge on any atom is 0.0738 e. The molecule has 1 aromatic heterocycles. The highest BCUT2D eigenvalue weighted by molar-refractivity contribution is 5.66. The second-order valence-corrected chi connectivity index (χ2v) is 3.41. The third-order valence-corrected chi connectivity index (χ3v) is 2.01. The minimum absolute atomic E-state index is 0.718. The molecule has 3 heteroatoms. The van der Waals surface area contributed by atoms with Crippen LogP contribution in [0, 0.1) is 0 Å². The van der Waals surface area contributed by atoms with Crippen molar-refractivity contribution in [1.29, 1.82) is 0 Å². The first kappa shape index (κ1) is 10.6. The summed E-state index contributed by atoms with van der Waals surface area (Å²) in [6.45, 7) is 9.77. The Bertz CT molecular complexity index is 320. The van der Waals surface area contributed by atoms with E-state index in [0.29, 0.717) is 0 Å². The highest BCUT2D eigenvalue weighted by atomic mass is 15.1. The third kappa shape index (κ3) is 2.49. The number of likely N-dealkylation sites (N-methyl/N-ethyl adjacent to an activating group) is 1. The van der Waals surface area contributed by atoms with Crippen LogP contribution in [0.2, 0.25) is 0 Å². The Balaban J connectivity index is 2.89. The lowest BCUT2D eigenvalue weighted by Gasteiger charge is -2.24. The average Bonchev–Trinajstić information content (AvgIpc) is 2.15. The lowest BCUT2D eigenvalue weighted by atomic mass is 10.2. The van der Waals surface area contributed by atoms with Crippen molar-refractivity contribution in [3.63, 3.8) is 0 Å². The standard InChI is InChI=1S/C11H17N3/c1-4-14(8-9(2)3)11-5-6-13-7-10(11)12/h5-7H,2,4,8,12H2,1,3H3. The van der Waals surface area contributed by atoms with E-state index in [2.05, 4.69) is 23.4 Å². The number of nitrogens with two attached hydrogens (primary N) is 1. The predicted octanol–water partition coefficient (Wildman–Crippen LogP) is 2.07. The summed E-state index contributed by atoms with van der Waals surface area (Å²) in [5.41, 5.74) is 8.72. The third-order valence-electron chi connectivity index (χ3n) is 2.01. The Morgan fingerprint density at radius 1 is 1.64 bits per heavy atom. The molecule has 1 rings (SSSR count). The summed E-state index contributed by atoms with van der Waals surface area (Å²) < 4.78 is 0. The van der Waals surface area contributed by atoms with Gasteiger partial charge in [0.1, 0.15) is 0 Å². The molecular weight excluding hydrogens is 174 g/mol. The average molecular weight is 191 g/mol. The van der Waals surface area contributed by atoms with Gasteiger partial charge in [0.15, 0.2) is 0 Å². The van der Waals surface area contributed by atoms with Gasteiger partial charge >= 0.3 is 0 Å². The van der Waals surface area contributed by atoms with E-state index in [0.717, 1.165) is 30.0 Å². The van der Waals surface area contributed by atoms with Crippen molar-refractivity contribution in [1.82, 2.24) is 4.98 Å². The molecule has 0 aliphatic rings. The second-order valence-electron chi connectivity index (χ2n) is 3.41. The Morgan fingerprint density at radius 2 is 2.36 bits per heavy atom. The Labute approximate surface area is 85.3 Å². The van der Waals surface area contributed by atoms with Crippen molar-refractivity contribution in [3.05, 3.63) is 30.6 Å². The summed E-state index contributed by atoms with van der Waals surface area (Å²) in [5, 5.41) is 0. The quantitative estimate of drug-likeness (QED) is 0.741.